The lowest BCUT2D eigenvalue weighted by molar-refractivity contribution is 0.338. The smallest absolute Gasteiger partial charge is 0.142 e. The van der Waals surface area contributed by atoms with Gasteiger partial charge in [0.05, 0.1) is 11.6 Å². The average Bonchev–Trinajstić information content (AvgIpc) is 2.33. The standard InChI is InChI=1S/C14H13ClFNO2/c1-2-18-11-5-9(17)6-12(7-11)19-10-3-4-14(16)13(15)8-10/h3-8H,2,17H2,1H3. The predicted molar refractivity (Wildman–Crippen MR) is 73.5 cm³/mol. The first-order valence-electron chi connectivity index (χ1n) is 5.74. The lowest BCUT2D eigenvalue weighted by Crippen LogP contribution is -1.95. The number of nitrogen functional groups attached to an aromatic ring is 1. The van der Waals surface area contributed by atoms with Gasteiger partial charge in [-0.3, -0.25) is 0 Å². The van der Waals surface area contributed by atoms with E-state index in [0.29, 0.717) is 29.5 Å². The molecule has 3 nitrogen and oxygen atoms in total. The fourth-order valence-corrected chi connectivity index (χ4v) is 1.75. The Kier molecular flexibility index (Phi) is 4.12. The van der Waals surface area contributed by atoms with Gasteiger partial charge in [0.25, 0.3) is 0 Å². The zero-order valence-corrected chi connectivity index (χ0v) is 11.1. The molecule has 2 N–H and O–H groups in total. The molecule has 0 unspecified atom stereocenters. The summed E-state index contributed by atoms with van der Waals surface area (Å²) < 4.78 is 24.0. The molecule has 0 saturated carbocycles. The van der Waals surface area contributed by atoms with Gasteiger partial charge in [-0.05, 0) is 19.1 Å². The molecule has 2 aromatic rings. The topological polar surface area (TPSA) is 44.5 Å². The van der Waals surface area contributed by atoms with Crippen molar-refractivity contribution in [3.63, 3.8) is 0 Å². The van der Waals surface area contributed by atoms with Crippen molar-refractivity contribution in [1.29, 1.82) is 0 Å². The maximum atomic E-state index is 13.0. The minimum absolute atomic E-state index is 0.00596. The number of halogens is 2. The summed E-state index contributed by atoms with van der Waals surface area (Å²) in [5.41, 5.74) is 6.27. The highest BCUT2D eigenvalue weighted by molar-refractivity contribution is 6.30. The first-order valence-corrected chi connectivity index (χ1v) is 6.12. The normalized spacial score (nSPS) is 10.3. The van der Waals surface area contributed by atoms with Crippen molar-refractivity contribution in [2.45, 2.75) is 6.92 Å². The molecule has 0 saturated heterocycles. The van der Waals surface area contributed by atoms with Gasteiger partial charge in [-0.25, -0.2) is 4.39 Å². The first kappa shape index (κ1) is 13.5. The largest absolute Gasteiger partial charge is 0.494 e. The average molecular weight is 282 g/mol. The third-order valence-electron chi connectivity index (χ3n) is 2.34. The van der Waals surface area contributed by atoms with Crippen LogP contribution in [0.15, 0.2) is 36.4 Å². The number of hydrogen-bond acceptors (Lipinski definition) is 3. The molecule has 0 heterocycles. The van der Waals surface area contributed by atoms with Gasteiger partial charge < -0.3 is 15.2 Å². The maximum absolute atomic E-state index is 13.0. The van der Waals surface area contributed by atoms with E-state index in [0.717, 1.165) is 0 Å². The predicted octanol–water partition coefficient (Wildman–Crippen LogP) is 4.25. The Hall–Kier alpha value is -1.94. The summed E-state index contributed by atoms with van der Waals surface area (Å²) in [4.78, 5) is 0. The number of rotatable bonds is 4. The van der Waals surface area contributed by atoms with Crippen molar-refractivity contribution in [3.05, 3.63) is 47.2 Å². The van der Waals surface area contributed by atoms with Crippen LogP contribution in [0.1, 0.15) is 6.92 Å². The molecule has 0 aliphatic heterocycles. The summed E-state index contributed by atoms with van der Waals surface area (Å²) in [7, 11) is 0. The number of benzene rings is 2. The van der Waals surface area contributed by atoms with Crippen molar-refractivity contribution in [1.82, 2.24) is 0 Å². The van der Waals surface area contributed by atoms with Gasteiger partial charge in [0.15, 0.2) is 0 Å². The Morgan fingerprint density at radius 1 is 1.11 bits per heavy atom. The quantitative estimate of drug-likeness (QED) is 0.852. The summed E-state index contributed by atoms with van der Waals surface area (Å²) in [5.74, 6) is 1.06. The second-order valence-corrected chi connectivity index (χ2v) is 4.26. The van der Waals surface area contributed by atoms with Crippen LogP contribution in [0, 0.1) is 5.82 Å². The lowest BCUT2D eigenvalue weighted by atomic mass is 10.3. The highest BCUT2D eigenvalue weighted by Crippen LogP contribution is 2.30. The molecule has 0 spiro atoms. The van der Waals surface area contributed by atoms with E-state index in [-0.39, 0.29) is 5.02 Å². The van der Waals surface area contributed by atoms with E-state index in [1.54, 1.807) is 18.2 Å². The van der Waals surface area contributed by atoms with Gasteiger partial charge in [0.2, 0.25) is 0 Å². The number of hydrogen-bond donors (Lipinski definition) is 1. The summed E-state index contributed by atoms with van der Waals surface area (Å²) >= 11 is 5.69. The molecule has 0 aliphatic rings. The molecule has 2 aromatic carbocycles. The molecule has 0 bridgehead atoms. The third kappa shape index (κ3) is 3.51. The summed E-state index contributed by atoms with van der Waals surface area (Å²) in [6.45, 7) is 2.41. The fourth-order valence-electron chi connectivity index (χ4n) is 1.58. The van der Waals surface area contributed by atoms with Crippen molar-refractivity contribution in [3.8, 4) is 17.2 Å². The van der Waals surface area contributed by atoms with Crippen molar-refractivity contribution < 1.29 is 13.9 Å². The Morgan fingerprint density at radius 3 is 2.53 bits per heavy atom. The molecule has 0 aliphatic carbocycles. The first-order chi connectivity index (χ1) is 9.08. The van der Waals surface area contributed by atoms with Crippen LogP contribution >= 0.6 is 11.6 Å². The van der Waals surface area contributed by atoms with Crippen LogP contribution in [0.4, 0.5) is 10.1 Å². The van der Waals surface area contributed by atoms with E-state index in [4.69, 9.17) is 26.8 Å². The Labute approximate surface area is 115 Å². The molecule has 100 valence electrons. The molecule has 0 aromatic heterocycles. The van der Waals surface area contributed by atoms with Crippen LogP contribution in [-0.2, 0) is 0 Å². The van der Waals surface area contributed by atoms with E-state index in [1.165, 1.54) is 18.2 Å². The van der Waals surface area contributed by atoms with Crippen LogP contribution in [0.3, 0.4) is 0 Å². The van der Waals surface area contributed by atoms with E-state index < -0.39 is 5.82 Å². The number of anilines is 1. The summed E-state index contributed by atoms with van der Waals surface area (Å²) in [6.07, 6.45) is 0. The SMILES string of the molecule is CCOc1cc(N)cc(Oc2ccc(F)c(Cl)c2)c1. The second-order valence-electron chi connectivity index (χ2n) is 3.85. The molecule has 2 rings (SSSR count). The van der Waals surface area contributed by atoms with Crippen LogP contribution in [-0.4, -0.2) is 6.61 Å². The zero-order valence-electron chi connectivity index (χ0n) is 10.3. The highest BCUT2D eigenvalue weighted by atomic mass is 35.5. The van der Waals surface area contributed by atoms with Gasteiger partial charge in [-0.1, -0.05) is 11.6 Å². The molecular weight excluding hydrogens is 269 g/mol. The molecule has 0 fully saturated rings. The highest BCUT2D eigenvalue weighted by Gasteiger charge is 2.05. The van der Waals surface area contributed by atoms with E-state index in [9.17, 15) is 4.39 Å². The monoisotopic (exact) mass is 281 g/mol. The van der Waals surface area contributed by atoms with Gasteiger partial charge in [-0.15, -0.1) is 0 Å². The molecule has 19 heavy (non-hydrogen) atoms. The van der Waals surface area contributed by atoms with Crippen LogP contribution in [0.5, 0.6) is 17.2 Å². The minimum Gasteiger partial charge on any atom is -0.494 e. The second kappa shape index (κ2) is 5.80. The Morgan fingerprint density at radius 2 is 1.84 bits per heavy atom. The summed E-state index contributed by atoms with van der Waals surface area (Å²) in [6, 6.07) is 9.20. The van der Waals surface area contributed by atoms with Gasteiger partial charge in [0, 0.05) is 30.0 Å². The molecule has 5 heteroatoms. The van der Waals surface area contributed by atoms with Gasteiger partial charge >= 0.3 is 0 Å². The van der Waals surface area contributed by atoms with Crippen LogP contribution < -0.4 is 15.2 Å². The molecule has 0 atom stereocenters. The van der Waals surface area contributed by atoms with E-state index in [2.05, 4.69) is 0 Å². The molecule has 0 amide bonds. The fraction of sp³-hybridized carbons (Fsp3) is 0.143. The Bertz CT molecular complexity index is 590. The van der Waals surface area contributed by atoms with E-state index >= 15 is 0 Å². The molecule has 0 radical (unpaired) electrons. The van der Waals surface area contributed by atoms with Crippen LogP contribution in [0.25, 0.3) is 0 Å². The van der Waals surface area contributed by atoms with Crippen molar-refractivity contribution in [2.75, 3.05) is 12.3 Å². The third-order valence-corrected chi connectivity index (χ3v) is 2.63. The van der Waals surface area contributed by atoms with E-state index in [1.807, 2.05) is 6.92 Å². The number of ether oxygens (including phenoxy) is 2. The van der Waals surface area contributed by atoms with Gasteiger partial charge in [0.1, 0.15) is 23.1 Å². The van der Waals surface area contributed by atoms with Crippen molar-refractivity contribution in [2.24, 2.45) is 0 Å². The number of nitrogens with two attached hydrogens (primary N) is 1. The minimum atomic E-state index is -0.489. The van der Waals surface area contributed by atoms with Crippen molar-refractivity contribution >= 4 is 17.3 Å². The Balaban J connectivity index is 2.24. The van der Waals surface area contributed by atoms with Crippen LogP contribution in [0.2, 0.25) is 5.02 Å². The zero-order chi connectivity index (χ0) is 13.8. The maximum Gasteiger partial charge on any atom is 0.142 e. The lowest BCUT2D eigenvalue weighted by Gasteiger charge is -2.10. The van der Waals surface area contributed by atoms with Gasteiger partial charge in [-0.2, -0.15) is 0 Å². The molecular formula is C14H13ClFNO2. The summed E-state index contributed by atoms with van der Waals surface area (Å²) in [5, 5.41) is 0.00596.